The summed E-state index contributed by atoms with van der Waals surface area (Å²) in [6, 6.07) is 1.06. The maximum absolute atomic E-state index is 11.6. The van der Waals surface area contributed by atoms with E-state index in [-0.39, 0.29) is 5.91 Å². The number of primary amides is 1. The highest BCUT2D eigenvalue weighted by Gasteiger charge is 2.44. The summed E-state index contributed by atoms with van der Waals surface area (Å²) < 4.78 is 0. The SMILES string of the molecule is CCC(C)N(CC)C1CCC(NC)(C(N)=O)C1. The van der Waals surface area contributed by atoms with Crippen molar-refractivity contribution in [2.75, 3.05) is 13.6 Å². The molecule has 0 aromatic heterocycles. The monoisotopic (exact) mass is 241 g/mol. The topological polar surface area (TPSA) is 58.4 Å². The van der Waals surface area contributed by atoms with Gasteiger partial charge in [0.25, 0.3) is 0 Å². The largest absolute Gasteiger partial charge is 0.368 e. The number of hydrogen-bond acceptors (Lipinski definition) is 3. The zero-order chi connectivity index (χ0) is 13.1. The zero-order valence-corrected chi connectivity index (χ0v) is 11.6. The van der Waals surface area contributed by atoms with Gasteiger partial charge in [-0.15, -0.1) is 0 Å². The highest BCUT2D eigenvalue weighted by Crippen LogP contribution is 2.33. The molecule has 1 rings (SSSR count). The fraction of sp³-hybridized carbons (Fsp3) is 0.923. The van der Waals surface area contributed by atoms with Gasteiger partial charge in [-0.25, -0.2) is 0 Å². The lowest BCUT2D eigenvalue weighted by Gasteiger charge is -2.34. The van der Waals surface area contributed by atoms with Crippen LogP contribution in [0.3, 0.4) is 0 Å². The van der Waals surface area contributed by atoms with Gasteiger partial charge in [-0.05, 0) is 46.2 Å². The molecule has 0 saturated heterocycles. The van der Waals surface area contributed by atoms with Gasteiger partial charge in [-0.2, -0.15) is 0 Å². The van der Waals surface area contributed by atoms with Crippen molar-refractivity contribution < 1.29 is 4.79 Å². The highest BCUT2D eigenvalue weighted by molar-refractivity contribution is 5.85. The van der Waals surface area contributed by atoms with Gasteiger partial charge in [-0.1, -0.05) is 13.8 Å². The summed E-state index contributed by atoms with van der Waals surface area (Å²) in [5, 5.41) is 3.14. The molecule has 0 aromatic carbocycles. The Morgan fingerprint density at radius 1 is 1.59 bits per heavy atom. The molecule has 4 heteroatoms. The van der Waals surface area contributed by atoms with Crippen LogP contribution < -0.4 is 11.1 Å². The second-order valence-corrected chi connectivity index (χ2v) is 5.18. The van der Waals surface area contributed by atoms with E-state index in [4.69, 9.17) is 5.73 Å². The third-order valence-electron chi connectivity index (χ3n) is 4.43. The van der Waals surface area contributed by atoms with Crippen molar-refractivity contribution in [3.8, 4) is 0 Å². The number of carbonyl (C=O) groups is 1. The van der Waals surface area contributed by atoms with E-state index in [0.717, 1.165) is 32.2 Å². The predicted molar refractivity (Wildman–Crippen MR) is 70.8 cm³/mol. The standard InChI is InChI=1S/C13H27N3O/c1-5-10(3)16(6-2)11-7-8-13(9-11,15-4)12(14)17/h10-11,15H,5-9H2,1-4H3,(H2,14,17). The van der Waals surface area contributed by atoms with Crippen molar-refractivity contribution in [1.82, 2.24) is 10.2 Å². The van der Waals surface area contributed by atoms with Crippen LogP contribution in [0.5, 0.6) is 0 Å². The molecule has 1 aliphatic rings. The molecule has 4 nitrogen and oxygen atoms in total. The first kappa shape index (κ1) is 14.5. The minimum atomic E-state index is -0.481. The quantitative estimate of drug-likeness (QED) is 0.732. The Morgan fingerprint density at radius 3 is 2.59 bits per heavy atom. The number of nitrogens with two attached hydrogens (primary N) is 1. The number of nitrogens with zero attached hydrogens (tertiary/aromatic N) is 1. The molecule has 100 valence electrons. The second-order valence-electron chi connectivity index (χ2n) is 5.18. The van der Waals surface area contributed by atoms with Crippen LogP contribution in [-0.4, -0.2) is 42.0 Å². The third kappa shape index (κ3) is 2.80. The van der Waals surface area contributed by atoms with Crippen LogP contribution in [0.15, 0.2) is 0 Å². The lowest BCUT2D eigenvalue weighted by Crippen LogP contribution is -2.53. The molecule has 0 heterocycles. The summed E-state index contributed by atoms with van der Waals surface area (Å²) in [4.78, 5) is 14.1. The summed E-state index contributed by atoms with van der Waals surface area (Å²) in [6.45, 7) is 7.70. The van der Waals surface area contributed by atoms with E-state index in [1.807, 2.05) is 7.05 Å². The third-order valence-corrected chi connectivity index (χ3v) is 4.43. The summed E-state index contributed by atoms with van der Waals surface area (Å²) >= 11 is 0. The summed E-state index contributed by atoms with van der Waals surface area (Å²) in [5.41, 5.74) is 5.06. The molecule has 3 N–H and O–H groups in total. The molecule has 1 aliphatic carbocycles. The Labute approximate surface area is 105 Å². The van der Waals surface area contributed by atoms with Gasteiger partial charge in [0.05, 0.1) is 5.54 Å². The van der Waals surface area contributed by atoms with E-state index in [9.17, 15) is 4.79 Å². The molecule has 0 aromatic rings. The smallest absolute Gasteiger partial charge is 0.237 e. The first-order valence-electron chi connectivity index (χ1n) is 6.75. The fourth-order valence-electron chi connectivity index (χ4n) is 3.04. The molecule has 0 aliphatic heterocycles. The van der Waals surface area contributed by atoms with Crippen molar-refractivity contribution in [3.05, 3.63) is 0 Å². The fourth-order valence-corrected chi connectivity index (χ4v) is 3.04. The molecular weight excluding hydrogens is 214 g/mol. The molecule has 1 amide bonds. The number of rotatable bonds is 6. The lowest BCUT2D eigenvalue weighted by molar-refractivity contribution is -0.124. The molecule has 0 radical (unpaired) electrons. The van der Waals surface area contributed by atoms with Gasteiger partial charge in [0.1, 0.15) is 0 Å². The van der Waals surface area contributed by atoms with Crippen LogP contribution in [0.25, 0.3) is 0 Å². The Bertz CT molecular complexity index is 269. The minimum Gasteiger partial charge on any atom is -0.368 e. The average Bonchev–Trinajstić information content (AvgIpc) is 2.75. The molecule has 3 unspecified atom stereocenters. The highest BCUT2D eigenvalue weighted by atomic mass is 16.1. The van der Waals surface area contributed by atoms with Crippen LogP contribution in [0, 0.1) is 0 Å². The molecule has 0 spiro atoms. The molecule has 3 atom stereocenters. The molecule has 0 bridgehead atoms. The van der Waals surface area contributed by atoms with E-state index >= 15 is 0 Å². The van der Waals surface area contributed by atoms with Crippen molar-refractivity contribution in [2.45, 2.75) is 64.1 Å². The number of likely N-dealkylation sites (N-methyl/N-ethyl adjacent to an activating group) is 1. The first-order chi connectivity index (χ1) is 8.00. The molecular formula is C13H27N3O. The second kappa shape index (κ2) is 5.83. The number of amides is 1. The van der Waals surface area contributed by atoms with E-state index in [1.165, 1.54) is 0 Å². The van der Waals surface area contributed by atoms with Gasteiger partial charge in [0.15, 0.2) is 0 Å². The molecule has 1 fully saturated rings. The van der Waals surface area contributed by atoms with Gasteiger partial charge in [-0.3, -0.25) is 9.69 Å². The molecule has 1 saturated carbocycles. The van der Waals surface area contributed by atoms with Gasteiger partial charge in [0.2, 0.25) is 5.91 Å². The maximum atomic E-state index is 11.6. The van der Waals surface area contributed by atoms with Gasteiger partial charge in [0, 0.05) is 12.1 Å². The number of nitrogens with one attached hydrogen (secondary N) is 1. The summed E-state index contributed by atoms with van der Waals surface area (Å²) in [5.74, 6) is -0.206. The van der Waals surface area contributed by atoms with Crippen molar-refractivity contribution in [3.63, 3.8) is 0 Å². The first-order valence-corrected chi connectivity index (χ1v) is 6.75. The van der Waals surface area contributed by atoms with Crippen molar-refractivity contribution >= 4 is 5.91 Å². The van der Waals surface area contributed by atoms with Crippen molar-refractivity contribution in [1.29, 1.82) is 0 Å². The Balaban J connectivity index is 2.74. The maximum Gasteiger partial charge on any atom is 0.237 e. The summed E-state index contributed by atoms with van der Waals surface area (Å²) in [6.07, 6.45) is 3.91. The van der Waals surface area contributed by atoms with Crippen LogP contribution in [-0.2, 0) is 4.79 Å². The predicted octanol–water partition coefficient (Wildman–Crippen LogP) is 1.10. The van der Waals surface area contributed by atoms with Crippen molar-refractivity contribution in [2.24, 2.45) is 5.73 Å². The Kier molecular flexibility index (Phi) is 4.95. The zero-order valence-electron chi connectivity index (χ0n) is 11.6. The molecule has 17 heavy (non-hydrogen) atoms. The average molecular weight is 241 g/mol. The minimum absolute atomic E-state index is 0.206. The van der Waals surface area contributed by atoms with E-state index in [0.29, 0.717) is 12.1 Å². The Hall–Kier alpha value is -0.610. The Morgan fingerprint density at radius 2 is 2.24 bits per heavy atom. The van der Waals surface area contributed by atoms with Crippen LogP contribution >= 0.6 is 0 Å². The van der Waals surface area contributed by atoms with Crippen LogP contribution in [0.2, 0.25) is 0 Å². The lowest BCUT2D eigenvalue weighted by atomic mass is 9.96. The van der Waals surface area contributed by atoms with Crippen LogP contribution in [0.4, 0.5) is 0 Å². The van der Waals surface area contributed by atoms with E-state index in [2.05, 4.69) is 31.0 Å². The van der Waals surface area contributed by atoms with Gasteiger partial charge < -0.3 is 11.1 Å². The summed E-state index contributed by atoms with van der Waals surface area (Å²) in [7, 11) is 1.84. The normalized spacial score (nSPS) is 30.8. The van der Waals surface area contributed by atoms with E-state index < -0.39 is 5.54 Å². The number of hydrogen-bond donors (Lipinski definition) is 2. The van der Waals surface area contributed by atoms with E-state index in [1.54, 1.807) is 0 Å². The van der Waals surface area contributed by atoms with Gasteiger partial charge >= 0.3 is 0 Å². The number of carbonyl (C=O) groups excluding carboxylic acids is 1. The van der Waals surface area contributed by atoms with Crippen LogP contribution in [0.1, 0.15) is 46.5 Å².